The molecule has 0 unspecified atom stereocenters. The van der Waals surface area contributed by atoms with Gasteiger partial charge < -0.3 is 10.2 Å². The van der Waals surface area contributed by atoms with Crippen molar-refractivity contribution < 1.29 is 40.5 Å². The molecule has 0 aromatic carbocycles. The summed E-state index contributed by atoms with van der Waals surface area (Å²) in [5.74, 6) is -3.65. The molecule has 0 aliphatic carbocycles. The molecular weight excluding hydrogens is 150 g/mol. The van der Waals surface area contributed by atoms with E-state index in [4.69, 9.17) is 19.8 Å². The standard InChI is InChI=1S/C2H2O4.H2N.Ti/c3-1(4)2(5)6;;/h(H,3,4)(H,5,6);1H2;/q;-1;+1. The maximum absolute atomic E-state index is 9.10. The van der Waals surface area contributed by atoms with Crippen molar-refractivity contribution in [2.75, 3.05) is 0 Å². The Morgan fingerprint density at radius 3 is 1.25 bits per heavy atom. The Hall–Kier alpha value is -0.386. The summed E-state index contributed by atoms with van der Waals surface area (Å²) >= 11 is 1.50. The van der Waals surface area contributed by atoms with Crippen molar-refractivity contribution in [1.29, 1.82) is 0 Å². The van der Waals surface area contributed by atoms with Gasteiger partial charge in [0.1, 0.15) is 0 Å². The van der Waals surface area contributed by atoms with Crippen LogP contribution in [0.15, 0.2) is 0 Å². The molecule has 0 radical (unpaired) electrons. The predicted octanol–water partition coefficient (Wildman–Crippen LogP) is -1.44. The third-order valence-electron chi connectivity index (χ3n) is 0.183. The van der Waals surface area contributed by atoms with E-state index in [2.05, 4.69) is 4.22 Å². The molecule has 0 aliphatic heterocycles. The molecule has 45 valence electrons. The van der Waals surface area contributed by atoms with Gasteiger partial charge in [-0.05, 0) is 0 Å². The first-order valence-electron chi connectivity index (χ1n) is 1.39. The van der Waals surface area contributed by atoms with Gasteiger partial charge in [-0.25, -0.2) is 9.59 Å². The maximum atomic E-state index is 9.10. The quantitative estimate of drug-likeness (QED) is 0.293. The second-order valence-corrected chi connectivity index (χ2v) is 0.610. The van der Waals surface area contributed by atoms with E-state index in [1.807, 2.05) is 0 Å². The van der Waals surface area contributed by atoms with Crippen molar-refractivity contribution in [3.05, 3.63) is 0 Å². The van der Waals surface area contributed by atoms with Gasteiger partial charge in [0.2, 0.25) is 0 Å². The zero-order chi connectivity index (χ0) is 7.15. The summed E-state index contributed by atoms with van der Waals surface area (Å²) in [4.78, 5) is 18.2. The Labute approximate surface area is 57.2 Å². The molecule has 0 aromatic rings. The van der Waals surface area contributed by atoms with Gasteiger partial charge in [0.15, 0.2) is 0 Å². The third-order valence-corrected chi connectivity index (χ3v) is 0.183. The molecule has 0 aromatic heterocycles. The molecule has 0 saturated carbocycles. The van der Waals surface area contributed by atoms with Crippen LogP contribution in [0, 0.1) is 0 Å². The number of nitrogens with two attached hydrogens (primary N) is 1. The van der Waals surface area contributed by atoms with Gasteiger partial charge in [-0.2, -0.15) is 0 Å². The molecule has 5 nitrogen and oxygen atoms in total. The first kappa shape index (κ1) is 10.6. The number of hydrogen-bond donors (Lipinski definition) is 3. The number of carbonyl (C=O) groups is 2. The Bertz CT molecular complexity index is 80.0. The van der Waals surface area contributed by atoms with E-state index in [9.17, 15) is 0 Å². The van der Waals surface area contributed by atoms with Crippen LogP contribution in [0.1, 0.15) is 0 Å². The van der Waals surface area contributed by atoms with Gasteiger partial charge in [-0.3, -0.25) is 0 Å². The second-order valence-electron chi connectivity index (χ2n) is 0.610. The normalized spacial score (nSPS) is 6.00. The molecule has 0 amide bonds. The number of carboxylic acids is 2. The van der Waals surface area contributed by atoms with Crippen LogP contribution in [0.4, 0.5) is 0 Å². The summed E-state index contributed by atoms with van der Waals surface area (Å²) in [7, 11) is 0. The molecule has 0 bridgehead atoms. The van der Waals surface area contributed by atoms with E-state index in [1.165, 1.54) is 20.7 Å². The van der Waals surface area contributed by atoms with Gasteiger partial charge in [0.05, 0.1) is 0 Å². The average Bonchev–Trinajstić information content (AvgIpc) is 1.72. The molecule has 0 spiro atoms. The second kappa shape index (κ2) is 6.61. The number of aliphatic carboxylic acids is 2. The predicted molar refractivity (Wildman–Crippen MR) is 19.5 cm³/mol. The van der Waals surface area contributed by atoms with Crippen LogP contribution in [0.5, 0.6) is 0 Å². The fraction of sp³-hybridized carbons (Fsp3) is 0. The van der Waals surface area contributed by atoms with Crippen LogP contribution < -0.4 is 4.22 Å². The summed E-state index contributed by atoms with van der Waals surface area (Å²) in [5, 5.41) is 14.8. The molecule has 0 heterocycles. The molecule has 8 heavy (non-hydrogen) atoms. The van der Waals surface area contributed by atoms with Crippen molar-refractivity contribution in [3.8, 4) is 0 Å². The Kier molecular flexibility index (Phi) is 8.74. The first-order valence-corrected chi connectivity index (χ1v) is 2.30. The summed E-state index contributed by atoms with van der Waals surface area (Å²) in [6.45, 7) is 0. The average molecular weight is 154 g/mol. The van der Waals surface area contributed by atoms with Gasteiger partial charge in [-0.1, -0.05) is 0 Å². The Morgan fingerprint density at radius 1 is 1.12 bits per heavy atom. The number of hydrogen-bond acceptors (Lipinski definition) is 3. The fourth-order valence-corrected chi connectivity index (χ4v) is 0. The minimum atomic E-state index is -1.82. The van der Waals surface area contributed by atoms with Gasteiger partial charge in [0.25, 0.3) is 0 Å². The van der Waals surface area contributed by atoms with Crippen LogP contribution in [0.2, 0.25) is 0 Å². The van der Waals surface area contributed by atoms with Crippen molar-refractivity contribution in [2.45, 2.75) is 0 Å². The zero-order valence-corrected chi connectivity index (χ0v) is 5.35. The molecular formula is C2H4NO4Ti. The molecule has 0 saturated heterocycles. The molecule has 0 atom stereocenters. The molecule has 6 heteroatoms. The molecule has 0 rings (SSSR count). The topological polar surface area (TPSA) is 101 Å². The van der Waals surface area contributed by atoms with Crippen molar-refractivity contribution in [3.63, 3.8) is 0 Å². The summed E-state index contributed by atoms with van der Waals surface area (Å²) in [5.41, 5.74) is 0. The van der Waals surface area contributed by atoms with Crippen molar-refractivity contribution >= 4 is 11.9 Å². The van der Waals surface area contributed by atoms with E-state index in [0.29, 0.717) is 0 Å². The number of carboxylic acid groups (broad SMARTS) is 2. The van der Waals surface area contributed by atoms with E-state index in [0.717, 1.165) is 0 Å². The Balaban J connectivity index is 0. The molecule has 0 aliphatic rings. The minimum absolute atomic E-state index is 1.50. The van der Waals surface area contributed by atoms with Gasteiger partial charge >= 0.3 is 36.8 Å². The molecule has 0 fully saturated rings. The van der Waals surface area contributed by atoms with E-state index >= 15 is 0 Å². The van der Waals surface area contributed by atoms with E-state index in [-0.39, 0.29) is 0 Å². The summed E-state index contributed by atoms with van der Waals surface area (Å²) in [6, 6.07) is 0. The SMILES string of the molecule is O=C(O)C(=O)O.[NH2][Ti]. The Morgan fingerprint density at radius 2 is 1.25 bits per heavy atom. The van der Waals surface area contributed by atoms with E-state index < -0.39 is 11.9 Å². The summed E-state index contributed by atoms with van der Waals surface area (Å²) in [6.07, 6.45) is 0. The van der Waals surface area contributed by atoms with Crippen molar-refractivity contribution in [2.24, 2.45) is 4.22 Å². The summed E-state index contributed by atoms with van der Waals surface area (Å²) < 4.78 is 4.50. The first-order chi connectivity index (χ1) is 3.64. The molecule has 4 N–H and O–H groups in total. The van der Waals surface area contributed by atoms with Gasteiger partial charge in [-0.15, -0.1) is 0 Å². The van der Waals surface area contributed by atoms with Crippen molar-refractivity contribution in [1.82, 2.24) is 0 Å². The number of rotatable bonds is 0. The zero-order valence-electron chi connectivity index (χ0n) is 3.79. The fourth-order valence-electron chi connectivity index (χ4n) is 0. The van der Waals surface area contributed by atoms with Gasteiger partial charge in [0, 0.05) is 0 Å². The van der Waals surface area contributed by atoms with Crippen LogP contribution in [0.25, 0.3) is 0 Å². The van der Waals surface area contributed by atoms with E-state index in [1.54, 1.807) is 0 Å². The van der Waals surface area contributed by atoms with Crippen LogP contribution in [-0.2, 0) is 30.3 Å². The third kappa shape index (κ3) is 9.15. The van der Waals surface area contributed by atoms with Crippen LogP contribution in [-0.4, -0.2) is 22.2 Å². The monoisotopic (exact) mass is 154 g/mol. The van der Waals surface area contributed by atoms with Crippen LogP contribution in [0.3, 0.4) is 0 Å². The van der Waals surface area contributed by atoms with Crippen LogP contribution >= 0.6 is 0 Å².